The summed E-state index contributed by atoms with van der Waals surface area (Å²) in [5.74, 6) is -0.399. The highest BCUT2D eigenvalue weighted by Gasteiger charge is 2.26. The minimum Gasteiger partial charge on any atom is -0.354 e. The molecule has 4 nitrogen and oxygen atoms in total. The molecule has 0 aliphatic heterocycles. The lowest BCUT2D eigenvalue weighted by atomic mass is 10.2. The number of hydrogen-bond acceptors (Lipinski definition) is 3. The van der Waals surface area contributed by atoms with Crippen molar-refractivity contribution in [3.8, 4) is 0 Å². The van der Waals surface area contributed by atoms with E-state index in [-0.39, 0.29) is 6.54 Å². The molecule has 19 heavy (non-hydrogen) atoms. The number of hydrogen-bond donors (Lipinski definition) is 2. The number of halogens is 3. The van der Waals surface area contributed by atoms with Gasteiger partial charge in [0.25, 0.3) is 0 Å². The monoisotopic (exact) mass is 281 g/mol. The smallest absolute Gasteiger partial charge is 0.354 e. The normalized spacial score (nSPS) is 17.1. The van der Waals surface area contributed by atoms with Gasteiger partial charge < -0.3 is 15.5 Å². The molecule has 0 aromatic heterocycles. The Balaban J connectivity index is 2.03. The van der Waals surface area contributed by atoms with Gasteiger partial charge in [0, 0.05) is 19.1 Å². The van der Waals surface area contributed by atoms with Crippen LogP contribution in [0.3, 0.4) is 0 Å². The second-order valence-electron chi connectivity index (χ2n) is 4.99. The van der Waals surface area contributed by atoms with Gasteiger partial charge in [0.2, 0.25) is 5.91 Å². The number of alkyl halides is 3. The van der Waals surface area contributed by atoms with Crippen LogP contribution in [-0.2, 0) is 4.79 Å². The number of amides is 1. The van der Waals surface area contributed by atoms with Crippen molar-refractivity contribution in [1.82, 2.24) is 15.5 Å². The van der Waals surface area contributed by atoms with Crippen LogP contribution in [-0.4, -0.2) is 56.3 Å². The third-order valence-electron chi connectivity index (χ3n) is 3.35. The molecule has 0 bridgehead atoms. The summed E-state index contributed by atoms with van der Waals surface area (Å²) in [6.07, 6.45) is 0.615. The third-order valence-corrected chi connectivity index (χ3v) is 3.35. The maximum atomic E-state index is 11.8. The van der Waals surface area contributed by atoms with Crippen molar-refractivity contribution >= 4 is 5.91 Å². The molecule has 1 rings (SSSR count). The molecule has 1 amide bonds. The van der Waals surface area contributed by atoms with E-state index >= 15 is 0 Å². The molecule has 2 N–H and O–H groups in total. The number of nitrogens with zero attached hydrogens (tertiary/aromatic N) is 1. The molecule has 0 spiro atoms. The van der Waals surface area contributed by atoms with Crippen LogP contribution in [0.2, 0.25) is 0 Å². The zero-order chi connectivity index (χ0) is 14.3. The Kier molecular flexibility index (Phi) is 6.57. The largest absolute Gasteiger partial charge is 0.401 e. The zero-order valence-corrected chi connectivity index (χ0v) is 11.2. The molecule has 0 radical (unpaired) electrons. The predicted octanol–water partition coefficient (Wildman–Crippen LogP) is 1.13. The van der Waals surface area contributed by atoms with Gasteiger partial charge in [-0.05, 0) is 19.9 Å². The standard InChI is InChI=1S/C12H22F3N3O/c1-18(10-4-2-3-5-10)7-6-17-11(19)8-16-9-12(13,14)15/h10,16H,2-9H2,1H3,(H,17,19). The molecule has 1 aliphatic carbocycles. The molecule has 0 heterocycles. The van der Waals surface area contributed by atoms with Crippen molar-refractivity contribution < 1.29 is 18.0 Å². The summed E-state index contributed by atoms with van der Waals surface area (Å²) >= 11 is 0. The molecule has 0 atom stereocenters. The van der Waals surface area contributed by atoms with Gasteiger partial charge in [-0.25, -0.2) is 0 Å². The van der Waals surface area contributed by atoms with Crippen molar-refractivity contribution in [2.75, 3.05) is 33.2 Å². The minimum atomic E-state index is -4.27. The second kappa shape index (κ2) is 7.69. The Bertz CT molecular complexity index is 278. The summed E-state index contributed by atoms with van der Waals surface area (Å²) < 4.78 is 35.5. The first-order valence-corrected chi connectivity index (χ1v) is 6.63. The SMILES string of the molecule is CN(CCNC(=O)CNCC(F)(F)F)C1CCCC1. The van der Waals surface area contributed by atoms with E-state index in [1.807, 2.05) is 7.05 Å². The summed E-state index contributed by atoms with van der Waals surface area (Å²) in [5.41, 5.74) is 0. The van der Waals surface area contributed by atoms with Gasteiger partial charge in [0.05, 0.1) is 13.1 Å². The van der Waals surface area contributed by atoms with E-state index < -0.39 is 18.6 Å². The lowest BCUT2D eigenvalue weighted by molar-refractivity contribution is -0.128. The Morgan fingerprint density at radius 2 is 1.95 bits per heavy atom. The molecule has 0 unspecified atom stereocenters. The average molecular weight is 281 g/mol. The predicted molar refractivity (Wildman–Crippen MR) is 66.8 cm³/mol. The van der Waals surface area contributed by atoms with Gasteiger partial charge in [-0.3, -0.25) is 4.79 Å². The highest BCUT2D eigenvalue weighted by atomic mass is 19.4. The van der Waals surface area contributed by atoms with Crippen LogP contribution < -0.4 is 10.6 Å². The van der Waals surface area contributed by atoms with E-state index in [2.05, 4.69) is 15.5 Å². The van der Waals surface area contributed by atoms with Crippen LogP contribution in [0.1, 0.15) is 25.7 Å². The molecular formula is C12H22F3N3O. The van der Waals surface area contributed by atoms with Crippen LogP contribution in [0.25, 0.3) is 0 Å². The van der Waals surface area contributed by atoms with Gasteiger partial charge >= 0.3 is 6.18 Å². The Morgan fingerprint density at radius 1 is 1.32 bits per heavy atom. The van der Waals surface area contributed by atoms with Crippen molar-refractivity contribution in [1.29, 1.82) is 0 Å². The van der Waals surface area contributed by atoms with Crippen LogP contribution in [0.5, 0.6) is 0 Å². The Hall–Kier alpha value is -0.820. The first-order chi connectivity index (χ1) is 8.88. The highest BCUT2D eigenvalue weighted by molar-refractivity contribution is 5.77. The zero-order valence-electron chi connectivity index (χ0n) is 11.2. The van der Waals surface area contributed by atoms with E-state index in [0.717, 1.165) is 6.54 Å². The van der Waals surface area contributed by atoms with Crippen LogP contribution >= 0.6 is 0 Å². The average Bonchev–Trinajstić information content (AvgIpc) is 2.80. The van der Waals surface area contributed by atoms with E-state index in [9.17, 15) is 18.0 Å². The topological polar surface area (TPSA) is 44.4 Å². The molecule has 1 aliphatic rings. The number of likely N-dealkylation sites (N-methyl/N-ethyl adjacent to an activating group) is 1. The van der Waals surface area contributed by atoms with Crippen molar-refractivity contribution in [3.63, 3.8) is 0 Å². The maximum Gasteiger partial charge on any atom is 0.401 e. The Morgan fingerprint density at radius 3 is 2.53 bits per heavy atom. The Labute approximate surface area is 111 Å². The molecule has 0 saturated heterocycles. The first-order valence-electron chi connectivity index (χ1n) is 6.63. The number of nitrogens with one attached hydrogen (secondary N) is 2. The fraction of sp³-hybridized carbons (Fsp3) is 0.917. The van der Waals surface area contributed by atoms with Crippen LogP contribution in [0.4, 0.5) is 13.2 Å². The molecule has 1 saturated carbocycles. The summed E-state index contributed by atoms with van der Waals surface area (Å²) in [7, 11) is 2.02. The van der Waals surface area contributed by atoms with Gasteiger partial charge in [0.15, 0.2) is 0 Å². The number of carbonyl (C=O) groups is 1. The van der Waals surface area contributed by atoms with Crippen LogP contribution in [0.15, 0.2) is 0 Å². The van der Waals surface area contributed by atoms with Crippen LogP contribution in [0, 0.1) is 0 Å². The minimum absolute atomic E-state index is 0.299. The number of carbonyl (C=O) groups excluding carboxylic acids is 1. The van der Waals surface area contributed by atoms with Gasteiger partial charge in [0.1, 0.15) is 0 Å². The van der Waals surface area contributed by atoms with Crippen molar-refractivity contribution in [2.45, 2.75) is 37.9 Å². The van der Waals surface area contributed by atoms with E-state index in [1.54, 1.807) is 0 Å². The van der Waals surface area contributed by atoms with Gasteiger partial charge in [-0.1, -0.05) is 12.8 Å². The summed E-state index contributed by atoms with van der Waals surface area (Å²) in [4.78, 5) is 13.5. The molecule has 1 fully saturated rings. The molecule has 112 valence electrons. The molecule has 7 heteroatoms. The van der Waals surface area contributed by atoms with E-state index in [4.69, 9.17) is 0 Å². The summed E-state index contributed by atoms with van der Waals surface area (Å²) in [5, 5.41) is 4.68. The second-order valence-corrected chi connectivity index (χ2v) is 4.99. The molecular weight excluding hydrogens is 259 g/mol. The fourth-order valence-electron chi connectivity index (χ4n) is 2.28. The van der Waals surface area contributed by atoms with E-state index in [0.29, 0.717) is 12.6 Å². The van der Waals surface area contributed by atoms with E-state index in [1.165, 1.54) is 25.7 Å². The quantitative estimate of drug-likeness (QED) is 0.735. The molecule has 0 aromatic rings. The lowest BCUT2D eigenvalue weighted by Gasteiger charge is -2.23. The first kappa shape index (κ1) is 16.2. The van der Waals surface area contributed by atoms with Gasteiger partial charge in [-0.2, -0.15) is 13.2 Å². The number of rotatable bonds is 7. The van der Waals surface area contributed by atoms with Gasteiger partial charge in [-0.15, -0.1) is 0 Å². The third kappa shape index (κ3) is 7.37. The maximum absolute atomic E-state index is 11.8. The van der Waals surface area contributed by atoms with Crippen molar-refractivity contribution in [2.24, 2.45) is 0 Å². The summed E-state index contributed by atoms with van der Waals surface area (Å²) in [6.45, 7) is -0.232. The lowest BCUT2D eigenvalue weighted by Crippen LogP contribution is -2.42. The molecule has 0 aromatic carbocycles. The highest BCUT2D eigenvalue weighted by Crippen LogP contribution is 2.21. The summed E-state index contributed by atoms with van der Waals surface area (Å²) in [6, 6.07) is 0.584. The fourth-order valence-corrected chi connectivity index (χ4v) is 2.28. The van der Waals surface area contributed by atoms with Crippen molar-refractivity contribution in [3.05, 3.63) is 0 Å².